The van der Waals surface area contributed by atoms with E-state index in [0.717, 1.165) is 17.6 Å². The molecule has 0 fully saturated rings. The van der Waals surface area contributed by atoms with Gasteiger partial charge < -0.3 is 9.84 Å². The van der Waals surface area contributed by atoms with Gasteiger partial charge in [-0.3, -0.25) is 0 Å². The highest BCUT2D eigenvalue weighted by atomic mass is 19.3. The molecule has 2 aliphatic rings. The Kier molecular flexibility index (Phi) is 3.69. The molecule has 0 saturated carbocycles. The van der Waals surface area contributed by atoms with Crippen molar-refractivity contribution in [2.75, 3.05) is 0 Å². The van der Waals surface area contributed by atoms with Gasteiger partial charge in [0.15, 0.2) is 0 Å². The van der Waals surface area contributed by atoms with Gasteiger partial charge in [0.1, 0.15) is 11.5 Å². The molecule has 1 heterocycles. The maximum absolute atomic E-state index is 14.5. The molecule has 126 valence electrons. The van der Waals surface area contributed by atoms with Crippen LogP contribution in [0.1, 0.15) is 64.0 Å². The summed E-state index contributed by atoms with van der Waals surface area (Å²) < 4.78 is 34.0. The molecule has 0 aromatic heterocycles. The number of fused-ring (bicyclic) bond motifs is 3. The molecule has 2 unspecified atom stereocenters. The van der Waals surface area contributed by atoms with Gasteiger partial charge in [-0.1, -0.05) is 32.4 Å². The number of alkyl halides is 2. The van der Waals surface area contributed by atoms with E-state index >= 15 is 0 Å². The standard InChI is InChI=1S/C19H24F2O2/c1-5-18(3,4)12-9-15(22)17-13-8-11(2)6-7-14(13)19(20,21)23-16(17)10-12/h6,9-10,13-14,22H,5,7-8H2,1-4H3. The number of rotatable bonds is 2. The SMILES string of the molecule is CCC(C)(C)c1cc(O)c2c(c1)OC(F)(F)C1CC=C(C)CC21. The maximum atomic E-state index is 14.5. The number of benzene rings is 1. The first kappa shape index (κ1) is 16.3. The van der Waals surface area contributed by atoms with Crippen molar-refractivity contribution in [2.45, 2.75) is 64.4 Å². The molecular weight excluding hydrogens is 298 g/mol. The van der Waals surface area contributed by atoms with E-state index in [1.165, 1.54) is 0 Å². The maximum Gasteiger partial charge on any atom is 0.401 e. The Morgan fingerprint density at radius 1 is 1.35 bits per heavy atom. The van der Waals surface area contributed by atoms with E-state index < -0.39 is 17.9 Å². The molecule has 0 saturated heterocycles. The van der Waals surface area contributed by atoms with Gasteiger partial charge in [0.25, 0.3) is 0 Å². The van der Waals surface area contributed by atoms with E-state index in [1.807, 2.05) is 33.8 Å². The number of phenols is 1. The Hall–Kier alpha value is -1.58. The van der Waals surface area contributed by atoms with Crippen molar-refractivity contribution >= 4 is 0 Å². The zero-order valence-electron chi connectivity index (χ0n) is 14.1. The summed E-state index contributed by atoms with van der Waals surface area (Å²) in [5, 5.41) is 10.5. The van der Waals surface area contributed by atoms with Crippen molar-refractivity contribution < 1.29 is 18.6 Å². The second kappa shape index (κ2) is 5.22. The lowest BCUT2D eigenvalue weighted by Gasteiger charge is -2.41. The fourth-order valence-electron chi connectivity index (χ4n) is 3.63. The van der Waals surface area contributed by atoms with E-state index in [4.69, 9.17) is 4.74 Å². The van der Waals surface area contributed by atoms with Crippen LogP contribution < -0.4 is 4.74 Å². The predicted octanol–water partition coefficient (Wildman–Crippen LogP) is 5.50. The van der Waals surface area contributed by atoms with Gasteiger partial charge in [-0.05, 0) is 49.3 Å². The predicted molar refractivity (Wildman–Crippen MR) is 86.2 cm³/mol. The molecule has 23 heavy (non-hydrogen) atoms. The average Bonchev–Trinajstić information content (AvgIpc) is 2.45. The third-order valence-electron chi connectivity index (χ3n) is 5.58. The second-order valence-electron chi connectivity index (χ2n) is 7.51. The van der Waals surface area contributed by atoms with E-state index in [0.29, 0.717) is 12.0 Å². The molecule has 0 bridgehead atoms. The molecule has 2 nitrogen and oxygen atoms in total. The Morgan fingerprint density at radius 2 is 2.04 bits per heavy atom. The average molecular weight is 322 g/mol. The lowest BCUT2D eigenvalue weighted by Crippen LogP contribution is -2.43. The molecule has 2 atom stereocenters. The molecule has 1 aromatic carbocycles. The Morgan fingerprint density at radius 3 is 2.70 bits per heavy atom. The first-order valence-electron chi connectivity index (χ1n) is 8.25. The van der Waals surface area contributed by atoms with Crippen molar-refractivity contribution in [3.05, 3.63) is 34.9 Å². The summed E-state index contributed by atoms with van der Waals surface area (Å²) in [6.45, 7) is 8.06. The molecule has 1 N–H and O–H groups in total. The van der Waals surface area contributed by atoms with E-state index in [1.54, 1.807) is 12.1 Å². The molecule has 4 heteroatoms. The van der Waals surface area contributed by atoms with Gasteiger partial charge in [-0.2, -0.15) is 8.78 Å². The Bertz CT molecular complexity index is 662. The van der Waals surface area contributed by atoms with Crippen LogP contribution in [0.25, 0.3) is 0 Å². The second-order valence-corrected chi connectivity index (χ2v) is 7.51. The van der Waals surface area contributed by atoms with Gasteiger partial charge in [0.05, 0.1) is 5.92 Å². The van der Waals surface area contributed by atoms with Crippen LogP contribution in [-0.4, -0.2) is 11.2 Å². The van der Waals surface area contributed by atoms with Gasteiger partial charge in [0.2, 0.25) is 0 Å². The minimum Gasteiger partial charge on any atom is -0.508 e. The summed E-state index contributed by atoms with van der Waals surface area (Å²) in [5.41, 5.74) is 2.26. The van der Waals surface area contributed by atoms with Crippen LogP contribution in [0.2, 0.25) is 0 Å². The van der Waals surface area contributed by atoms with Crippen LogP contribution in [-0.2, 0) is 5.41 Å². The summed E-state index contributed by atoms with van der Waals surface area (Å²) >= 11 is 0. The number of allylic oxidation sites excluding steroid dienone is 2. The van der Waals surface area contributed by atoms with Gasteiger partial charge in [-0.25, -0.2) is 0 Å². The Labute approximate surface area is 136 Å². The van der Waals surface area contributed by atoms with Gasteiger partial charge >= 0.3 is 6.11 Å². The van der Waals surface area contributed by atoms with Crippen molar-refractivity contribution in [3.63, 3.8) is 0 Å². The lowest BCUT2D eigenvalue weighted by atomic mass is 9.72. The third kappa shape index (κ3) is 2.62. The van der Waals surface area contributed by atoms with Gasteiger partial charge in [-0.15, -0.1) is 0 Å². The number of phenolic OH excluding ortho intramolecular Hbond substituents is 1. The highest BCUT2D eigenvalue weighted by Gasteiger charge is 2.53. The molecule has 0 spiro atoms. The van der Waals surface area contributed by atoms with Crippen LogP contribution in [0.5, 0.6) is 11.5 Å². The number of hydrogen-bond donors (Lipinski definition) is 1. The zero-order chi connectivity index (χ0) is 17.0. The highest BCUT2D eigenvalue weighted by molar-refractivity contribution is 5.53. The fourth-order valence-corrected chi connectivity index (χ4v) is 3.63. The van der Waals surface area contributed by atoms with Crippen LogP contribution >= 0.6 is 0 Å². The lowest BCUT2D eigenvalue weighted by molar-refractivity contribution is -0.230. The monoisotopic (exact) mass is 322 g/mol. The van der Waals surface area contributed by atoms with Crippen LogP contribution in [0, 0.1) is 5.92 Å². The van der Waals surface area contributed by atoms with Crippen LogP contribution in [0.3, 0.4) is 0 Å². The summed E-state index contributed by atoms with van der Waals surface area (Å²) in [7, 11) is 0. The first-order valence-corrected chi connectivity index (χ1v) is 8.25. The third-order valence-corrected chi connectivity index (χ3v) is 5.58. The molecule has 1 aliphatic carbocycles. The molecule has 1 aromatic rings. The van der Waals surface area contributed by atoms with Gasteiger partial charge in [0, 0.05) is 11.5 Å². The quantitative estimate of drug-likeness (QED) is 0.728. The minimum atomic E-state index is -3.20. The van der Waals surface area contributed by atoms with E-state index in [9.17, 15) is 13.9 Å². The smallest absolute Gasteiger partial charge is 0.401 e. The highest BCUT2D eigenvalue weighted by Crippen LogP contribution is 2.55. The molecule has 3 rings (SSSR count). The summed E-state index contributed by atoms with van der Waals surface area (Å²) in [4.78, 5) is 0. The molecule has 0 amide bonds. The number of halogens is 2. The number of hydrogen-bond acceptors (Lipinski definition) is 2. The number of ether oxygens (including phenoxy) is 1. The van der Waals surface area contributed by atoms with Crippen molar-refractivity contribution in [1.29, 1.82) is 0 Å². The van der Waals surface area contributed by atoms with E-state index in [-0.39, 0.29) is 23.3 Å². The normalized spacial score (nSPS) is 25.9. The van der Waals surface area contributed by atoms with Crippen molar-refractivity contribution in [3.8, 4) is 11.5 Å². The van der Waals surface area contributed by atoms with Crippen LogP contribution in [0.4, 0.5) is 8.78 Å². The summed E-state index contributed by atoms with van der Waals surface area (Å²) in [6, 6.07) is 3.41. The number of aromatic hydroxyl groups is 1. The molecule has 0 radical (unpaired) electrons. The first-order chi connectivity index (χ1) is 10.7. The Balaban J connectivity index is 2.14. The largest absolute Gasteiger partial charge is 0.508 e. The van der Waals surface area contributed by atoms with Crippen LogP contribution in [0.15, 0.2) is 23.8 Å². The topological polar surface area (TPSA) is 29.5 Å². The fraction of sp³-hybridized carbons (Fsp3) is 0.579. The molecule has 1 aliphatic heterocycles. The zero-order valence-corrected chi connectivity index (χ0v) is 14.1. The summed E-state index contributed by atoms with van der Waals surface area (Å²) in [6.07, 6.45) is 0.326. The van der Waals surface area contributed by atoms with Crippen molar-refractivity contribution in [2.24, 2.45) is 5.92 Å². The van der Waals surface area contributed by atoms with Crippen molar-refractivity contribution in [1.82, 2.24) is 0 Å². The molecular formula is C19H24F2O2. The summed E-state index contributed by atoms with van der Waals surface area (Å²) in [5.74, 6) is -1.08. The van der Waals surface area contributed by atoms with E-state index in [2.05, 4.69) is 0 Å². The minimum absolute atomic E-state index is 0.0826.